The summed E-state index contributed by atoms with van der Waals surface area (Å²) in [6.45, 7) is 6.15. The molecule has 0 amide bonds. The van der Waals surface area contributed by atoms with Gasteiger partial charge in [-0.1, -0.05) is 0 Å². The second-order valence-electron chi connectivity index (χ2n) is 3.02. The molecule has 88 valence electrons. The molecule has 0 bridgehead atoms. The van der Waals surface area contributed by atoms with Gasteiger partial charge in [0.2, 0.25) is 0 Å². The van der Waals surface area contributed by atoms with Crippen molar-refractivity contribution in [2.75, 3.05) is 13.2 Å². The first-order valence-electron chi connectivity index (χ1n) is 5.21. The van der Waals surface area contributed by atoms with Crippen molar-refractivity contribution in [3.63, 3.8) is 0 Å². The van der Waals surface area contributed by atoms with Gasteiger partial charge in [0, 0.05) is 0 Å². The number of hydrogen-bond acceptors (Lipinski definition) is 2. The zero-order valence-electron chi connectivity index (χ0n) is 8.74. The van der Waals surface area contributed by atoms with Crippen LogP contribution in [0.4, 0.5) is 0 Å². The van der Waals surface area contributed by atoms with E-state index in [-0.39, 0.29) is 43.7 Å². The third-order valence-corrected chi connectivity index (χ3v) is 2.77. The Morgan fingerprint density at radius 3 is 1.62 bits per heavy atom. The summed E-state index contributed by atoms with van der Waals surface area (Å²) >= 11 is 0.0299. The van der Waals surface area contributed by atoms with Crippen LogP contribution in [0.1, 0.15) is 52.4 Å². The molecule has 0 heterocycles. The van der Waals surface area contributed by atoms with Crippen LogP contribution in [0.2, 0.25) is 0 Å². The van der Waals surface area contributed by atoms with Gasteiger partial charge in [0.1, 0.15) is 0 Å². The van der Waals surface area contributed by atoms with Crippen LogP contribution in [0.3, 0.4) is 0 Å². The van der Waals surface area contributed by atoms with Crippen LogP contribution in [0, 0.1) is 43.7 Å². The standard InChI is InChI=1S/2C5H11O.Yb/c2*1-2-3-4-5-6;/h2*2-5H2,1H3;/q2*-1;+2. The predicted octanol–water partition coefficient (Wildman–Crippen LogP) is 3.32. The summed E-state index contributed by atoms with van der Waals surface area (Å²) in [5.74, 6) is 0. The second kappa shape index (κ2) is 13.4. The Hall–Kier alpha value is 1.44. The summed E-state index contributed by atoms with van der Waals surface area (Å²) < 4.78 is 10.7. The summed E-state index contributed by atoms with van der Waals surface area (Å²) in [6.07, 6.45) is 7.40. The van der Waals surface area contributed by atoms with Gasteiger partial charge in [-0.15, -0.1) is 0 Å². The molecule has 3 heteroatoms. The van der Waals surface area contributed by atoms with Crippen molar-refractivity contribution in [3.8, 4) is 0 Å². The Kier molecular flexibility index (Phi) is 14.9. The van der Waals surface area contributed by atoms with Crippen LogP contribution < -0.4 is 0 Å². The van der Waals surface area contributed by atoms with E-state index in [1.54, 1.807) is 0 Å². The number of rotatable bonds is 10. The van der Waals surface area contributed by atoms with Crippen molar-refractivity contribution in [3.05, 3.63) is 0 Å². The Morgan fingerprint density at radius 1 is 0.769 bits per heavy atom. The maximum absolute atomic E-state index is 5.35. The van der Waals surface area contributed by atoms with Gasteiger partial charge in [-0.25, -0.2) is 0 Å². The first-order chi connectivity index (χ1) is 6.41. The molecule has 0 aromatic rings. The Bertz CT molecular complexity index is 79.0. The molecule has 0 unspecified atom stereocenters. The van der Waals surface area contributed by atoms with E-state index in [4.69, 9.17) is 0.609 Å². The van der Waals surface area contributed by atoms with E-state index in [1.807, 2.05) is 0 Å². The fourth-order valence-electron chi connectivity index (χ4n) is 0.848. The van der Waals surface area contributed by atoms with Gasteiger partial charge < -0.3 is 0 Å². The van der Waals surface area contributed by atoms with Crippen molar-refractivity contribution in [1.29, 1.82) is 0 Å². The van der Waals surface area contributed by atoms with Gasteiger partial charge in [-0.2, -0.15) is 0 Å². The molecular formula is C10H22O2Yb. The normalized spacial score (nSPS) is 10.9. The van der Waals surface area contributed by atoms with Gasteiger partial charge in [0.15, 0.2) is 0 Å². The molecule has 0 aromatic carbocycles. The SMILES string of the molecule is CCCCC[O][Yb][O]CCCCC. The molecule has 0 rings (SSSR count). The van der Waals surface area contributed by atoms with Gasteiger partial charge in [-0.3, -0.25) is 0 Å². The van der Waals surface area contributed by atoms with Crippen molar-refractivity contribution in [1.82, 2.24) is 0 Å². The molecule has 0 aromatic heterocycles. The molecule has 0 aliphatic rings. The molecule has 13 heavy (non-hydrogen) atoms. The zero-order chi connectivity index (χ0) is 9.78. The molecule has 0 saturated heterocycles. The predicted molar refractivity (Wildman–Crippen MR) is 51.0 cm³/mol. The third-order valence-electron chi connectivity index (χ3n) is 1.67. The summed E-state index contributed by atoms with van der Waals surface area (Å²) in [4.78, 5) is 0. The fraction of sp³-hybridized carbons (Fsp3) is 1.00. The Morgan fingerprint density at radius 2 is 1.23 bits per heavy atom. The van der Waals surface area contributed by atoms with Gasteiger partial charge in [0.25, 0.3) is 0 Å². The minimum absolute atomic E-state index is 0.0299. The Labute approximate surface area is 108 Å². The number of unbranched alkanes of at least 4 members (excludes halogenated alkanes) is 4. The summed E-state index contributed by atoms with van der Waals surface area (Å²) in [6, 6.07) is 0. The fourth-order valence-corrected chi connectivity index (χ4v) is 1.77. The van der Waals surface area contributed by atoms with E-state index >= 15 is 0 Å². The molecule has 0 atom stereocenters. The average Bonchev–Trinajstić information content (AvgIpc) is 2.16. The first kappa shape index (κ1) is 14.4. The summed E-state index contributed by atoms with van der Waals surface area (Å²) in [5, 5.41) is 0. The molecule has 0 aliphatic carbocycles. The summed E-state index contributed by atoms with van der Waals surface area (Å²) in [7, 11) is 0. The molecule has 0 radical (unpaired) electrons. The molecule has 0 N–H and O–H groups in total. The Balaban J connectivity index is 2.76. The second-order valence-corrected chi connectivity index (χ2v) is 4.30. The third kappa shape index (κ3) is 13.4. The minimum atomic E-state index is 0.0299. The topological polar surface area (TPSA) is 18.5 Å². The molecule has 0 fully saturated rings. The van der Waals surface area contributed by atoms with Crippen molar-refractivity contribution >= 4 is 0 Å². The van der Waals surface area contributed by atoms with Gasteiger partial charge >= 0.3 is 110 Å². The number of hydrogen-bond donors (Lipinski definition) is 0. The molecule has 2 nitrogen and oxygen atoms in total. The average molecular weight is 347 g/mol. The van der Waals surface area contributed by atoms with E-state index in [0.717, 1.165) is 13.2 Å². The first-order valence-corrected chi connectivity index (χ1v) is 6.61. The van der Waals surface area contributed by atoms with Crippen molar-refractivity contribution in [2.24, 2.45) is 0 Å². The van der Waals surface area contributed by atoms with E-state index in [0.29, 0.717) is 0 Å². The van der Waals surface area contributed by atoms with E-state index < -0.39 is 0 Å². The van der Waals surface area contributed by atoms with Crippen LogP contribution in [0.15, 0.2) is 0 Å². The maximum atomic E-state index is 5.35. The van der Waals surface area contributed by atoms with Crippen LogP contribution in [-0.4, -0.2) is 13.2 Å². The van der Waals surface area contributed by atoms with E-state index in [2.05, 4.69) is 13.8 Å². The van der Waals surface area contributed by atoms with Gasteiger partial charge in [0.05, 0.1) is 0 Å². The van der Waals surface area contributed by atoms with Gasteiger partial charge in [-0.05, 0) is 0 Å². The van der Waals surface area contributed by atoms with E-state index in [9.17, 15) is 0 Å². The quantitative estimate of drug-likeness (QED) is 0.565. The van der Waals surface area contributed by atoms with Crippen LogP contribution in [-0.2, 0) is 0.609 Å². The molecule has 0 aliphatic heterocycles. The van der Waals surface area contributed by atoms with Crippen LogP contribution in [0.25, 0.3) is 0 Å². The molecular weight excluding hydrogens is 325 g/mol. The molecule has 0 saturated carbocycles. The monoisotopic (exact) mass is 348 g/mol. The summed E-state index contributed by atoms with van der Waals surface area (Å²) in [5.41, 5.74) is 0. The van der Waals surface area contributed by atoms with Crippen LogP contribution >= 0.6 is 0 Å². The van der Waals surface area contributed by atoms with Crippen molar-refractivity contribution in [2.45, 2.75) is 52.4 Å². The molecule has 0 spiro atoms. The van der Waals surface area contributed by atoms with E-state index in [1.165, 1.54) is 38.5 Å². The van der Waals surface area contributed by atoms with Crippen molar-refractivity contribution < 1.29 is 44.3 Å². The van der Waals surface area contributed by atoms with Crippen LogP contribution in [0.5, 0.6) is 0 Å². The zero-order valence-corrected chi connectivity index (χ0v) is 10.5.